The highest BCUT2D eigenvalue weighted by atomic mass is 16.3. The Morgan fingerprint density at radius 3 is 1.82 bits per heavy atom. The van der Waals surface area contributed by atoms with E-state index >= 15 is 0 Å². The summed E-state index contributed by atoms with van der Waals surface area (Å²) >= 11 is 0. The topological polar surface area (TPSA) is 49.3 Å². The molecule has 0 saturated heterocycles. The zero-order chi connectivity index (χ0) is 19.8. The number of aliphatic hydroxyl groups is 1. The van der Waals surface area contributed by atoms with Crippen LogP contribution in [0.3, 0.4) is 0 Å². The van der Waals surface area contributed by atoms with E-state index in [0.717, 1.165) is 17.5 Å². The van der Waals surface area contributed by atoms with Gasteiger partial charge in [-0.05, 0) is 36.5 Å². The zero-order valence-corrected chi connectivity index (χ0v) is 16.2. The van der Waals surface area contributed by atoms with Gasteiger partial charge in [0.1, 0.15) is 0 Å². The van der Waals surface area contributed by atoms with Crippen LogP contribution in [0.1, 0.15) is 36.0 Å². The molecule has 3 nitrogen and oxygen atoms in total. The van der Waals surface area contributed by atoms with E-state index in [0.29, 0.717) is 6.42 Å². The van der Waals surface area contributed by atoms with Gasteiger partial charge in [-0.1, -0.05) is 91.0 Å². The SMILES string of the molecule is CC(O)(CCc1ccccc1)CNC(=O)C(c1ccccc1)c1ccccc1. The van der Waals surface area contributed by atoms with Gasteiger partial charge in [0.2, 0.25) is 5.91 Å². The van der Waals surface area contributed by atoms with Gasteiger partial charge in [0.15, 0.2) is 0 Å². The van der Waals surface area contributed by atoms with Gasteiger partial charge in [0, 0.05) is 6.54 Å². The van der Waals surface area contributed by atoms with Crippen LogP contribution in [0.4, 0.5) is 0 Å². The summed E-state index contributed by atoms with van der Waals surface area (Å²) in [6.45, 7) is 1.99. The molecule has 0 spiro atoms. The first kappa shape index (κ1) is 19.8. The molecule has 1 amide bonds. The highest BCUT2D eigenvalue weighted by Gasteiger charge is 2.26. The number of amides is 1. The Bertz CT molecular complexity index is 821. The number of rotatable bonds is 8. The van der Waals surface area contributed by atoms with Crippen LogP contribution >= 0.6 is 0 Å². The highest BCUT2D eigenvalue weighted by molar-refractivity contribution is 5.87. The smallest absolute Gasteiger partial charge is 0.232 e. The van der Waals surface area contributed by atoms with Crippen LogP contribution < -0.4 is 5.32 Å². The molecule has 0 heterocycles. The van der Waals surface area contributed by atoms with Gasteiger partial charge in [-0.25, -0.2) is 0 Å². The van der Waals surface area contributed by atoms with Crippen LogP contribution in [0, 0.1) is 0 Å². The van der Waals surface area contributed by atoms with Crippen LogP contribution in [0.25, 0.3) is 0 Å². The average Bonchev–Trinajstić information content (AvgIpc) is 2.74. The van der Waals surface area contributed by atoms with E-state index in [1.165, 1.54) is 5.56 Å². The Morgan fingerprint density at radius 1 is 0.857 bits per heavy atom. The van der Waals surface area contributed by atoms with Crippen LogP contribution in [-0.4, -0.2) is 23.2 Å². The minimum Gasteiger partial charge on any atom is -0.388 e. The van der Waals surface area contributed by atoms with Crippen molar-refractivity contribution >= 4 is 5.91 Å². The fourth-order valence-corrected chi connectivity index (χ4v) is 3.31. The Morgan fingerprint density at radius 2 is 1.32 bits per heavy atom. The number of hydrogen-bond acceptors (Lipinski definition) is 2. The molecule has 3 aromatic carbocycles. The second-order valence-corrected chi connectivity index (χ2v) is 7.45. The predicted octanol–water partition coefficient (Wildman–Crippen LogP) is 4.32. The summed E-state index contributed by atoms with van der Waals surface area (Å²) in [6.07, 6.45) is 1.35. The lowest BCUT2D eigenvalue weighted by atomic mass is 9.90. The molecule has 3 aromatic rings. The van der Waals surface area contributed by atoms with Gasteiger partial charge in [-0.2, -0.15) is 0 Å². The maximum Gasteiger partial charge on any atom is 0.232 e. The maximum absolute atomic E-state index is 13.0. The first-order valence-corrected chi connectivity index (χ1v) is 9.69. The van der Waals surface area contributed by atoms with Crippen molar-refractivity contribution in [1.29, 1.82) is 0 Å². The van der Waals surface area contributed by atoms with Crippen molar-refractivity contribution in [3.63, 3.8) is 0 Å². The summed E-state index contributed by atoms with van der Waals surface area (Å²) in [6, 6.07) is 29.6. The van der Waals surface area contributed by atoms with Crippen LogP contribution in [0.5, 0.6) is 0 Å². The minimum absolute atomic E-state index is 0.0996. The number of carbonyl (C=O) groups is 1. The van der Waals surface area contributed by atoms with Gasteiger partial charge in [-0.15, -0.1) is 0 Å². The molecule has 0 aromatic heterocycles. The molecule has 1 atom stereocenters. The van der Waals surface area contributed by atoms with E-state index in [1.807, 2.05) is 78.9 Å². The largest absolute Gasteiger partial charge is 0.388 e. The van der Waals surface area contributed by atoms with Crippen molar-refractivity contribution in [1.82, 2.24) is 5.32 Å². The van der Waals surface area contributed by atoms with Gasteiger partial charge < -0.3 is 10.4 Å². The van der Waals surface area contributed by atoms with E-state index < -0.39 is 11.5 Å². The van der Waals surface area contributed by atoms with Crippen molar-refractivity contribution in [2.45, 2.75) is 31.3 Å². The van der Waals surface area contributed by atoms with Crippen molar-refractivity contribution < 1.29 is 9.90 Å². The van der Waals surface area contributed by atoms with E-state index in [-0.39, 0.29) is 12.5 Å². The van der Waals surface area contributed by atoms with Crippen molar-refractivity contribution in [2.24, 2.45) is 0 Å². The highest BCUT2D eigenvalue weighted by Crippen LogP contribution is 2.25. The Labute approximate surface area is 167 Å². The summed E-state index contributed by atoms with van der Waals surface area (Å²) in [7, 11) is 0. The Balaban J connectivity index is 1.66. The molecule has 2 N–H and O–H groups in total. The molecule has 1 unspecified atom stereocenters. The molecule has 3 heteroatoms. The van der Waals surface area contributed by atoms with Gasteiger partial charge >= 0.3 is 0 Å². The van der Waals surface area contributed by atoms with Crippen LogP contribution in [0.2, 0.25) is 0 Å². The second-order valence-electron chi connectivity index (χ2n) is 7.45. The third-order valence-electron chi connectivity index (χ3n) is 4.97. The molecule has 0 fully saturated rings. The standard InChI is InChI=1S/C25H27NO2/c1-25(28,18-17-20-11-5-2-6-12-20)19-26-24(27)23(21-13-7-3-8-14-21)22-15-9-4-10-16-22/h2-16,23,28H,17-19H2,1H3,(H,26,27). The first-order valence-electron chi connectivity index (χ1n) is 9.69. The van der Waals surface area contributed by atoms with E-state index in [1.54, 1.807) is 6.92 Å². The van der Waals surface area contributed by atoms with Crippen LogP contribution in [0.15, 0.2) is 91.0 Å². The normalized spacial score (nSPS) is 13.1. The summed E-state index contributed by atoms with van der Waals surface area (Å²) in [4.78, 5) is 13.0. The summed E-state index contributed by atoms with van der Waals surface area (Å²) < 4.78 is 0. The number of benzene rings is 3. The molecule has 0 aliphatic rings. The lowest BCUT2D eigenvalue weighted by Crippen LogP contribution is -2.42. The van der Waals surface area contributed by atoms with Gasteiger partial charge in [0.25, 0.3) is 0 Å². The molecule has 0 radical (unpaired) electrons. The van der Waals surface area contributed by atoms with Crippen molar-refractivity contribution in [2.75, 3.05) is 6.54 Å². The molecule has 0 bridgehead atoms. The monoisotopic (exact) mass is 373 g/mol. The van der Waals surface area contributed by atoms with Crippen LogP contribution in [-0.2, 0) is 11.2 Å². The summed E-state index contributed by atoms with van der Waals surface area (Å²) in [5.74, 6) is -0.496. The van der Waals surface area contributed by atoms with E-state index in [9.17, 15) is 9.90 Å². The fraction of sp³-hybridized carbons (Fsp3) is 0.240. The Kier molecular flexibility index (Phi) is 6.62. The quantitative estimate of drug-likeness (QED) is 0.618. The molecular formula is C25H27NO2. The molecule has 0 aliphatic carbocycles. The first-order chi connectivity index (χ1) is 13.6. The summed E-state index contributed by atoms with van der Waals surface area (Å²) in [5.41, 5.74) is 2.09. The molecule has 0 saturated carbocycles. The molecule has 3 rings (SSSR count). The molecule has 144 valence electrons. The van der Waals surface area contributed by atoms with E-state index in [4.69, 9.17) is 0 Å². The second kappa shape index (κ2) is 9.34. The third kappa shape index (κ3) is 5.54. The lowest BCUT2D eigenvalue weighted by molar-refractivity contribution is -0.122. The zero-order valence-electron chi connectivity index (χ0n) is 16.2. The average molecular weight is 373 g/mol. The molecule has 28 heavy (non-hydrogen) atoms. The van der Waals surface area contributed by atoms with Gasteiger partial charge in [0.05, 0.1) is 11.5 Å². The lowest BCUT2D eigenvalue weighted by Gasteiger charge is -2.26. The predicted molar refractivity (Wildman–Crippen MR) is 113 cm³/mol. The minimum atomic E-state index is -0.969. The molecule has 0 aliphatic heterocycles. The van der Waals surface area contributed by atoms with Crippen molar-refractivity contribution in [3.8, 4) is 0 Å². The number of nitrogens with one attached hydrogen (secondary N) is 1. The summed E-state index contributed by atoms with van der Waals surface area (Å²) in [5, 5.41) is 13.7. The number of carbonyl (C=O) groups excluding carboxylic acids is 1. The fourth-order valence-electron chi connectivity index (χ4n) is 3.31. The van der Waals surface area contributed by atoms with E-state index in [2.05, 4.69) is 17.4 Å². The number of aryl methyl sites for hydroxylation is 1. The van der Waals surface area contributed by atoms with Crippen molar-refractivity contribution in [3.05, 3.63) is 108 Å². The van der Waals surface area contributed by atoms with Gasteiger partial charge in [-0.3, -0.25) is 4.79 Å². The maximum atomic E-state index is 13.0. The Hall–Kier alpha value is -2.91. The molecular weight excluding hydrogens is 346 g/mol. The third-order valence-corrected chi connectivity index (χ3v) is 4.97. The number of hydrogen-bond donors (Lipinski definition) is 2.